The van der Waals surface area contributed by atoms with Crippen LogP contribution in [0.1, 0.15) is 43.8 Å². The molecule has 2 atom stereocenters. The van der Waals surface area contributed by atoms with Gasteiger partial charge in [0, 0.05) is 19.0 Å². The zero-order valence-electron chi connectivity index (χ0n) is 13.8. The Morgan fingerprint density at radius 1 is 1.29 bits per heavy atom. The number of hydrogen-bond donors (Lipinski definition) is 1. The molecule has 2 unspecified atom stereocenters. The number of rotatable bonds is 6. The van der Waals surface area contributed by atoms with Crippen molar-refractivity contribution in [2.24, 2.45) is 0 Å². The van der Waals surface area contributed by atoms with Crippen LogP contribution in [0.5, 0.6) is 0 Å². The lowest BCUT2D eigenvalue weighted by Gasteiger charge is -2.27. The van der Waals surface area contributed by atoms with Crippen LogP contribution in [0, 0.1) is 0 Å². The van der Waals surface area contributed by atoms with Gasteiger partial charge in [-0.3, -0.25) is 0 Å². The SMILES string of the molecule is CCOC(C)c1nccn1CC(C)(O)c1cccc(C(F)(F)F)c1. The lowest BCUT2D eigenvalue weighted by Crippen LogP contribution is -2.29. The third-order valence-electron chi connectivity index (χ3n) is 3.82. The molecule has 0 radical (unpaired) electrons. The molecule has 24 heavy (non-hydrogen) atoms. The zero-order chi connectivity index (χ0) is 18.0. The van der Waals surface area contributed by atoms with Gasteiger partial charge < -0.3 is 14.4 Å². The van der Waals surface area contributed by atoms with Crippen molar-refractivity contribution in [2.75, 3.05) is 6.61 Å². The first-order valence-electron chi connectivity index (χ1n) is 7.68. The van der Waals surface area contributed by atoms with E-state index in [1.54, 1.807) is 17.0 Å². The largest absolute Gasteiger partial charge is 0.416 e. The Kier molecular flexibility index (Phi) is 5.35. The Hall–Kier alpha value is -1.86. The highest BCUT2D eigenvalue weighted by Gasteiger charge is 2.33. The van der Waals surface area contributed by atoms with Gasteiger partial charge in [0.15, 0.2) is 0 Å². The second-order valence-electron chi connectivity index (χ2n) is 5.86. The molecule has 0 saturated carbocycles. The molecule has 1 N–H and O–H groups in total. The smallest absolute Gasteiger partial charge is 0.384 e. The minimum absolute atomic E-state index is 0.0705. The predicted octanol–water partition coefficient (Wildman–Crippen LogP) is 3.91. The molecule has 1 aromatic carbocycles. The van der Waals surface area contributed by atoms with Gasteiger partial charge in [-0.15, -0.1) is 0 Å². The van der Waals surface area contributed by atoms with E-state index >= 15 is 0 Å². The average molecular weight is 342 g/mol. The second kappa shape index (κ2) is 6.94. The summed E-state index contributed by atoms with van der Waals surface area (Å²) >= 11 is 0. The van der Waals surface area contributed by atoms with Crippen molar-refractivity contribution in [2.45, 2.75) is 45.2 Å². The van der Waals surface area contributed by atoms with Crippen LogP contribution in [0.4, 0.5) is 13.2 Å². The van der Waals surface area contributed by atoms with E-state index in [1.807, 2.05) is 13.8 Å². The molecule has 0 fully saturated rings. The lowest BCUT2D eigenvalue weighted by molar-refractivity contribution is -0.137. The third-order valence-corrected chi connectivity index (χ3v) is 3.82. The van der Waals surface area contributed by atoms with Crippen molar-refractivity contribution in [3.8, 4) is 0 Å². The fourth-order valence-electron chi connectivity index (χ4n) is 2.59. The van der Waals surface area contributed by atoms with Gasteiger partial charge in [-0.2, -0.15) is 13.2 Å². The van der Waals surface area contributed by atoms with E-state index < -0.39 is 17.3 Å². The summed E-state index contributed by atoms with van der Waals surface area (Å²) in [6.07, 6.45) is -1.47. The number of halogens is 3. The first kappa shape index (κ1) is 18.5. The fraction of sp³-hybridized carbons (Fsp3) is 0.471. The summed E-state index contributed by atoms with van der Waals surface area (Å²) in [7, 11) is 0. The number of benzene rings is 1. The Morgan fingerprint density at radius 3 is 2.58 bits per heavy atom. The summed E-state index contributed by atoms with van der Waals surface area (Å²) in [5.74, 6) is 0.615. The normalized spacial score (nSPS) is 16.0. The van der Waals surface area contributed by atoms with Gasteiger partial charge in [0.25, 0.3) is 0 Å². The van der Waals surface area contributed by atoms with E-state index in [9.17, 15) is 18.3 Å². The highest BCUT2D eigenvalue weighted by atomic mass is 19.4. The monoisotopic (exact) mass is 342 g/mol. The standard InChI is InChI=1S/C17H21F3N2O2/c1-4-24-12(2)15-21-8-9-22(15)11-16(3,23)13-6-5-7-14(10-13)17(18,19)20/h5-10,12,23H,4,11H2,1-3H3. The van der Waals surface area contributed by atoms with E-state index in [0.717, 1.165) is 12.1 Å². The van der Waals surface area contributed by atoms with Crippen LogP contribution in [-0.2, 0) is 23.1 Å². The van der Waals surface area contributed by atoms with Crippen LogP contribution >= 0.6 is 0 Å². The quantitative estimate of drug-likeness (QED) is 0.866. The van der Waals surface area contributed by atoms with Gasteiger partial charge in [-0.25, -0.2) is 4.98 Å². The molecule has 2 aromatic rings. The molecule has 7 heteroatoms. The molecule has 132 valence electrons. The minimum Gasteiger partial charge on any atom is -0.384 e. The Bertz CT molecular complexity index is 680. The molecule has 2 rings (SSSR count). The maximum Gasteiger partial charge on any atom is 0.416 e. The first-order valence-corrected chi connectivity index (χ1v) is 7.68. The Balaban J connectivity index is 2.28. The van der Waals surface area contributed by atoms with Crippen molar-refractivity contribution in [3.05, 3.63) is 53.6 Å². The zero-order valence-corrected chi connectivity index (χ0v) is 13.8. The lowest BCUT2D eigenvalue weighted by atomic mass is 9.94. The van der Waals surface area contributed by atoms with Crippen molar-refractivity contribution < 1.29 is 23.0 Å². The number of alkyl halides is 3. The van der Waals surface area contributed by atoms with E-state index in [2.05, 4.69) is 4.98 Å². The van der Waals surface area contributed by atoms with Crippen molar-refractivity contribution in [1.29, 1.82) is 0 Å². The Labute approximate surface area is 138 Å². The van der Waals surface area contributed by atoms with E-state index in [-0.39, 0.29) is 18.2 Å². The van der Waals surface area contributed by atoms with Gasteiger partial charge in [0.2, 0.25) is 0 Å². The maximum absolute atomic E-state index is 12.9. The number of imidazole rings is 1. The number of ether oxygens (including phenoxy) is 1. The predicted molar refractivity (Wildman–Crippen MR) is 83.3 cm³/mol. The number of hydrogen-bond acceptors (Lipinski definition) is 3. The summed E-state index contributed by atoms with van der Waals surface area (Å²) in [5, 5.41) is 10.7. The van der Waals surface area contributed by atoms with E-state index in [0.29, 0.717) is 12.4 Å². The molecule has 0 aliphatic rings. The summed E-state index contributed by atoms with van der Waals surface area (Å²) in [6, 6.07) is 4.74. The van der Waals surface area contributed by atoms with E-state index in [4.69, 9.17) is 4.74 Å². The van der Waals surface area contributed by atoms with Crippen molar-refractivity contribution >= 4 is 0 Å². The fourth-order valence-corrected chi connectivity index (χ4v) is 2.59. The second-order valence-corrected chi connectivity index (χ2v) is 5.86. The van der Waals surface area contributed by atoms with Gasteiger partial charge in [0.1, 0.15) is 17.5 Å². The molecular weight excluding hydrogens is 321 g/mol. The van der Waals surface area contributed by atoms with Gasteiger partial charge >= 0.3 is 6.18 Å². The van der Waals surface area contributed by atoms with E-state index in [1.165, 1.54) is 19.1 Å². The Morgan fingerprint density at radius 2 is 1.96 bits per heavy atom. The van der Waals surface area contributed by atoms with Crippen molar-refractivity contribution in [3.63, 3.8) is 0 Å². The highest BCUT2D eigenvalue weighted by molar-refractivity contribution is 5.29. The van der Waals surface area contributed by atoms with Crippen LogP contribution in [0.3, 0.4) is 0 Å². The molecule has 0 aliphatic heterocycles. The van der Waals surface area contributed by atoms with Crippen LogP contribution in [0.2, 0.25) is 0 Å². The molecule has 0 aliphatic carbocycles. The molecular formula is C17H21F3N2O2. The summed E-state index contributed by atoms with van der Waals surface area (Å²) < 4.78 is 45.8. The number of nitrogens with zero attached hydrogens (tertiary/aromatic N) is 2. The molecule has 0 amide bonds. The third kappa shape index (κ3) is 4.15. The number of aliphatic hydroxyl groups is 1. The topological polar surface area (TPSA) is 47.3 Å². The minimum atomic E-state index is -4.45. The number of aromatic nitrogens is 2. The van der Waals surface area contributed by atoms with Crippen LogP contribution in [0.25, 0.3) is 0 Å². The summed E-state index contributed by atoms with van der Waals surface area (Å²) in [4.78, 5) is 4.22. The molecule has 0 bridgehead atoms. The van der Waals surface area contributed by atoms with Crippen LogP contribution in [-0.4, -0.2) is 21.3 Å². The average Bonchev–Trinajstić information content (AvgIpc) is 2.94. The molecule has 4 nitrogen and oxygen atoms in total. The molecule has 1 heterocycles. The molecule has 0 saturated heterocycles. The molecule has 0 spiro atoms. The maximum atomic E-state index is 12.9. The van der Waals surface area contributed by atoms with Crippen molar-refractivity contribution in [1.82, 2.24) is 9.55 Å². The van der Waals surface area contributed by atoms with Gasteiger partial charge in [-0.05, 0) is 38.5 Å². The van der Waals surface area contributed by atoms with Crippen LogP contribution in [0.15, 0.2) is 36.7 Å². The molecule has 1 aromatic heterocycles. The van der Waals surface area contributed by atoms with Gasteiger partial charge in [-0.1, -0.05) is 12.1 Å². The highest BCUT2D eigenvalue weighted by Crippen LogP contribution is 2.33. The van der Waals surface area contributed by atoms with Crippen LogP contribution < -0.4 is 0 Å². The summed E-state index contributed by atoms with van der Waals surface area (Å²) in [5.41, 5.74) is -2.07. The first-order chi connectivity index (χ1) is 11.1. The van der Waals surface area contributed by atoms with Gasteiger partial charge in [0.05, 0.1) is 12.1 Å². The summed E-state index contributed by atoms with van der Waals surface area (Å²) in [6.45, 7) is 5.76.